The molecule has 2 aromatic rings. The molecule has 0 aliphatic heterocycles. The zero-order valence-electron chi connectivity index (χ0n) is 15.5. The van der Waals surface area contributed by atoms with Gasteiger partial charge in [0.25, 0.3) is 0 Å². The van der Waals surface area contributed by atoms with Crippen molar-refractivity contribution < 1.29 is 17.3 Å². The van der Waals surface area contributed by atoms with E-state index in [1.807, 2.05) is 6.92 Å². The van der Waals surface area contributed by atoms with Crippen LogP contribution in [0.4, 0.5) is 0 Å². The summed E-state index contributed by atoms with van der Waals surface area (Å²) < 4.78 is 35.4. The first-order chi connectivity index (χ1) is 13.4. The van der Waals surface area contributed by atoms with Crippen LogP contribution in [0.2, 0.25) is 0 Å². The number of nitrogens with one attached hydrogen (secondary N) is 2. The molecule has 148 valence electrons. The lowest BCUT2D eigenvalue weighted by Gasteiger charge is -2.11. The van der Waals surface area contributed by atoms with Gasteiger partial charge in [-0.2, -0.15) is 13.5 Å². The van der Waals surface area contributed by atoms with Crippen LogP contribution < -0.4 is 19.7 Å². The van der Waals surface area contributed by atoms with E-state index in [0.717, 1.165) is 5.56 Å². The topological polar surface area (TPSA) is 89.0 Å². The maximum absolute atomic E-state index is 12.5. The van der Waals surface area contributed by atoms with Crippen LogP contribution in [-0.4, -0.2) is 33.4 Å². The lowest BCUT2D eigenvalue weighted by molar-refractivity contribution is 0.390. The first kappa shape index (κ1) is 21.4. The first-order valence-corrected chi connectivity index (χ1v) is 10.0. The largest absolute Gasteiger partial charge is 0.493 e. The monoisotopic (exact) mass is 419 g/mol. The second-order valence-electron chi connectivity index (χ2n) is 5.63. The van der Waals surface area contributed by atoms with Crippen LogP contribution in [0.5, 0.6) is 11.5 Å². The molecule has 0 saturated heterocycles. The van der Waals surface area contributed by atoms with Crippen LogP contribution in [-0.2, 0) is 10.1 Å². The second kappa shape index (κ2) is 9.86. The van der Waals surface area contributed by atoms with Gasteiger partial charge in [0.1, 0.15) is 4.90 Å². The van der Waals surface area contributed by atoms with E-state index in [-0.39, 0.29) is 16.4 Å². The number of hydrogen-bond acceptors (Lipinski definition) is 6. The predicted octanol–water partition coefficient (Wildman–Crippen LogP) is 2.76. The van der Waals surface area contributed by atoms with E-state index >= 15 is 0 Å². The van der Waals surface area contributed by atoms with E-state index in [2.05, 4.69) is 22.4 Å². The minimum atomic E-state index is -3.97. The van der Waals surface area contributed by atoms with Gasteiger partial charge in [-0.1, -0.05) is 23.8 Å². The van der Waals surface area contributed by atoms with Crippen molar-refractivity contribution >= 4 is 33.7 Å². The molecule has 0 atom stereocenters. The second-order valence-corrected chi connectivity index (χ2v) is 7.58. The normalized spacial score (nSPS) is 11.1. The summed E-state index contributed by atoms with van der Waals surface area (Å²) in [5.74, 6) is 0.336. The van der Waals surface area contributed by atoms with Crippen molar-refractivity contribution in [1.82, 2.24) is 10.7 Å². The molecule has 0 unspecified atom stereocenters. The van der Waals surface area contributed by atoms with Gasteiger partial charge < -0.3 is 14.2 Å². The molecule has 0 fully saturated rings. The summed E-state index contributed by atoms with van der Waals surface area (Å²) >= 11 is 5.02. The number of thiocarbonyl (C=S) groups is 1. The highest BCUT2D eigenvalue weighted by molar-refractivity contribution is 7.87. The van der Waals surface area contributed by atoms with Crippen molar-refractivity contribution in [3.63, 3.8) is 0 Å². The number of aryl methyl sites for hydroxylation is 1. The molecule has 7 nitrogen and oxygen atoms in total. The summed E-state index contributed by atoms with van der Waals surface area (Å²) in [7, 11) is -2.55. The maximum atomic E-state index is 12.5. The summed E-state index contributed by atoms with van der Waals surface area (Å²) in [4.78, 5) is 0.0653. The quantitative estimate of drug-likeness (QED) is 0.224. The molecule has 0 bridgehead atoms. The Bertz CT molecular complexity index is 971. The fourth-order valence-electron chi connectivity index (χ4n) is 2.07. The van der Waals surface area contributed by atoms with E-state index < -0.39 is 10.1 Å². The third kappa shape index (κ3) is 6.07. The number of methoxy groups -OCH3 is 1. The Morgan fingerprint density at radius 2 is 1.93 bits per heavy atom. The predicted molar refractivity (Wildman–Crippen MR) is 114 cm³/mol. The van der Waals surface area contributed by atoms with Crippen molar-refractivity contribution in [2.24, 2.45) is 5.10 Å². The molecule has 2 aromatic carbocycles. The van der Waals surface area contributed by atoms with Gasteiger partial charge >= 0.3 is 10.1 Å². The van der Waals surface area contributed by atoms with Gasteiger partial charge in [0.15, 0.2) is 16.6 Å². The summed E-state index contributed by atoms with van der Waals surface area (Å²) in [5.41, 5.74) is 4.27. The molecular formula is C19H21N3O4S2. The van der Waals surface area contributed by atoms with Gasteiger partial charge in [-0.3, -0.25) is 5.43 Å². The van der Waals surface area contributed by atoms with Crippen molar-refractivity contribution in [3.8, 4) is 11.5 Å². The molecule has 0 saturated carbocycles. The summed E-state index contributed by atoms with van der Waals surface area (Å²) in [6.45, 7) is 5.98. The smallest absolute Gasteiger partial charge is 0.339 e. The highest BCUT2D eigenvalue weighted by atomic mass is 32.2. The molecule has 0 aromatic heterocycles. The third-order valence-corrected chi connectivity index (χ3v) is 4.97. The van der Waals surface area contributed by atoms with Crippen LogP contribution in [0.3, 0.4) is 0 Å². The number of rotatable bonds is 8. The Kier molecular flexibility index (Phi) is 7.53. The number of nitrogens with zero attached hydrogens (tertiary/aromatic N) is 1. The molecule has 2 rings (SSSR count). The molecular weight excluding hydrogens is 398 g/mol. The van der Waals surface area contributed by atoms with Crippen LogP contribution >= 0.6 is 12.2 Å². The standard InChI is InChI=1S/C19H21N3O4S2/c1-4-11-20-19(27)22-21-13-15-7-10-17(18(12-15)25-3)26-28(23,24)16-8-5-14(2)6-9-16/h4-10,12-13H,1,11H2,2-3H3,(H2,20,22,27)/b21-13-. The fraction of sp³-hybridized carbons (Fsp3) is 0.158. The van der Waals surface area contributed by atoms with E-state index in [4.69, 9.17) is 21.1 Å². The molecule has 0 amide bonds. The Balaban J connectivity index is 2.13. The first-order valence-electron chi connectivity index (χ1n) is 8.22. The molecule has 9 heteroatoms. The molecule has 0 spiro atoms. The Hall–Kier alpha value is -2.91. The minimum Gasteiger partial charge on any atom is -0.493 e. The van der Waals surface area contributed by atoms with Gasteiger partial charge in [-0.05, 0) is 55.0 Å². The lowest BCUT2D eigenvalue weighted by Crippen LogP contribution is -2.31. The fourth-order valence-corrected chi connectivity index (χ4v) is 3.15. The van der Waals surface area contributed by atoms with Gasteiger partial charge in [0.2, 0.25) is 0 Å². The van der Waals surface area contributed by atoms with E-state index in [1.165, 1.54) is 31.5 Å². The Labute approximate surface area is 170 Å². The number of hydrogen-bond donors (Lipinski definition) is 2. The zero-order valence-corrected chi connectivity index (χ0v) is 17.1. The number of ether oxygens (including phenoxy) is 1. The summed E-state index contributed by atoms with van der Waals surface area (Å²) in [6, 6.07) is 11.1. The van der Waals surface area contributed by atoms with Crippen LogP contribution in [0, 0.1) is 6.92 Å². The van der Waals surface area contributed by atoms with Crippen molar-refractivity contribution in [1.29, 1.82) is 0 Å². The number of hydrazone groups is 1. The highest BCUT2D eigenvalue weighted by Gasteiger charge is 2.19. The van der Waals surface area contributed by atoms with Crippen molar-refractivity contribution in [2.75, 3.05) is 13.7 Å². The van der Waals surface area contributed by atoms with E-state index in [9.17, 15) is 8.42 Å². The SMILES string of the molecule is C=CCNC(=S)N/N=C\c1ccc(OS(=O)(=O)c2ccc(C)cc2)c(OC)c1. The van der Waals surface area contributed by atoms with Gasteiger partial charge in [-0.15, -0.1) is 6.58 Å². The average Bonchev–Trinajstić information content (AvgIpc) is 2.67. The zero-order chi connectivity index (χ0) is 20.6. The van der Waals surface area contributed by atoms with Crippen molar-refractivity contribution in [3.05, 3.63) is 66.2 Å². The van der Waals surface area contributed by atoms with Crippen molar-refractivity contribution in [2.45, 2.75) is 11.8 Å². The van der Waals surface area contributed by atoms with Crippen LogP contribution in [0.1, 0.15) is 11.1 Å². The summed E-state index contributed by atoms with van der Waals surface area (Å²) in [6.07, 6.45) is 3.19. The Morgan fingerprint density at radius 3 is 2.57 bits per heavy atom. The Morgan fingerprint density at radius 1 is 1.21 bits per heavy atom. The molecule has 0 aliphatic rings. The molecule has 28 heavy (non-hydrogen) atoms. The van der Waals surface area contributed by atoms with E-state index in [0.29, 0.717) is 17.2 Å². The molecule has 0 radical (unpaired) electrons. The van der Waals surface area contributed by atoms with Gasteiger partial charge in [0, 0.05) is 6.54 Å². The van der Waals surface area contributed by atoms with Gasteiger partial charge in [-0.25, -0.2) is 0 Å². The van der Waals surface area contributed by atoms with Crippen LogP contribution in [0.25, 0.3) is 0 Å². The molecule has 2 N–H and O–H groups in total. The lowest BCUT2D eigenvalue weighted by atomic mass is 10.2. The number of benzene rings is 2. The average molecular weight is 420 g/mol. The molecule has 0 aliphatic carbocycles. The summed E-state index contributed by atoms with van der Waals surface area (Å²) in [5, 5.41) is 7.23. The maximum Gasteiger partial charge on any atom is 0.339 e. The highest BCUT2D eigenvalue weighted by Crippen LogP contribution is 2.30. The minimum absolute atomic E-state index is 0.0653. The van der Waals surface area contributed by atoms with E-state index in [1.54, 1.807) is 30.3 Å². The van der Waals surface area contributed by atoms with Crippen LogP contribution in [0.15, 0.2) is 65.1 Å². The third-order valence-electron chi connectivity index (χ3n) is 3.48. The van der Waals surface area contributed by atoms with Gasteiger partial charge in [0.05, 0.1) is 13.3 Å². The molecule has 0 heterocycles.